The number of rotatable bonds is 11. The number of aliphatic imine (C=N–C) groups is 1. The summed E-state index contributed by atoms with van der Waals surface area (Å²) in [6.07, 6.45) is 4.00. The molecule has 1 aromatic carbocycles. The van der Waals surface area contributed by atoms with Gasteiger partial charge in [-0.05, 0) is 71.6 Å². The zero-order valence-electron chi connectivity index (χ0n) is 25.9. The molecule has 0 radical (unpaired) electrons. The van der Waals surface area contributed by atoms with Crippen molar-refractivity contribution in [3.63, 3.8) is 0 Å². The van der Waals surface area contributed by atoms with Gasteiger partial charge in [-0.25, -0.2) is 9.38 Å². The Morgan fingerprint density at radius 3 is 2.33 bits per heavy atom. The summed E-state index contributed by atoms with van der Waals surface area (Å²) in [7, 11) is 1.67. The van der Waals surface area contributed by atoms with Crippen molar-refractivity contribution in [2.45, 2.75) is 98.5 Å². The Labute approximate surface area is 248 Å². The third kappa shape index (κ3) is 8.06. The highest BCUT2D eigenvalue weighted by molar-refractivity contribution is 6.02. The number of hydrogen-bond donors (Lipinski definition) is 1. The number of allylic oxidation sites excluding steroid dienone is 4. The molecule has 0 aromatic heterocycles. The van der Waals surface area contributed by atoms with E-state index in [4.69, 9.17) is 14.5 Å². The number of benzene rings is 1. The van der Waals surface area contributed by atoms with Gasteiger partial charge in [0.2, 0.25) is 0 Å². The summed E-state index contributed by atoms with van der Waals surface area (Å²) >= 11 is 0. The number of alkyl halides is 3. The lowest BCUT2D eigenvalue weighted by Crippen LogP contribution is -2.45. The van der Waals surface area contributed by atoms with Crippen molar-refractivity contribution in [1.82, 2.24) is 10.2 Å². The number of unbranched alkanes of at least 4 members (excludes halogenated alkanes) is 1. The molecule has 2 unspecified atom stereocenters. The first-order valence-corrected chi connectivity index (χ1v) is 14.8. The van der Waals surface area contributed by atoms with Gasteiger partial charge < -0.3 is 19.7 Å². The van der Waals surface area contributed by atoms with Gasteiger partial charge in [-0.2, -0.15) is 13.2 Å². The lowest BCUT2D eigenvalue weighted by molar-refractivity contribution is -0.140. The number of halogens is 4. The molecule has 2 fully saturated rings. The monoisotopic (exact) mass is 591 g/mol. The molecular weight excluding hydrogens is 546 g/mol. The molecule has 232 valence electrons. The first-order valence-electron chi connectivity index (χ1n) is 14.8. The van der Waals surface area contributed by atoms with E-state index in [1.807, 2.05) is 34.6 Å². The zero-order valence-corrected chi connectivity index (χ0v) is 25.9. The van der Waals surface area contributed by atoms with Gasteiger partial charge in [0, 0.05) is 23.4 Å². The van der Waals surface area contributed by atoms with Crippen molar-refractivity contribution in [2.24, 2.45) is 4.99 Å². The Hall–Kier alpha value is -3.07. The van der Waals surface area contributed by atoms with Crippen LogP contribution in [0, 0.1) is 5.82 Å². The lowest BCUT2D eigenvalue weighted by Gasteiger charge is -2.39. The fourth-order valence-electron chi connectivity index (χ4n) is 5.28. The maximum absolute atomic E-state index is 15.0. The van der Waals surface area contributed by atoms with Crippen molar-refractivity contribution in [3.8, 4) is 0 Å². The van der Waals surface area contributed by atoms with Crippen molar-refractivity contribution in [3.05, 3.63) is 81.2 Å². The Morgan fingerprint density at radius 1 is 1.12 bits per heavy atom. The topological polar surface area (TPSA) is 46.1 Å². The van der Waals surface area contributed by atoms with Crippen LogP contribution in [0.3, 0.4) is 0 Å². The fraction of sp³-hybridized carbons (Fsp3) is 0.545. The predicted octanol–water partition coefficient (Wildman–Crippen LogP) is 8.45. The van der Waals surface area contributed by atoms with Crippen molar-refractivity contribution < 1.29 is 27.0 Å². The molecule has 2 saturated heterocycles. The van der Waals surface area contributed by atoms with Crippen LogP contribution in [0.25, 0.3) is 0 Å². The Balaban J connectivity index is 2.15. The normalized spacial score (nSPS) is 20.5. The number of ether oxygens (including phenoxy) is 2. The van der Waals surface area contributed by atoms with E-state index in [0.717, 1.165) is 72.0 Å². The summed E-state index contributed by atoms with van der Waals surface area (Å²) in [5.74, 6) is -0.0614. The van der Waals surface area contributed by atoms with E-state index in [2.05, 4.69) is 29.3 Å². The quantitative estimate of drug-likeness (QED) is 0.0922. The van der Waals surface area contributed by atoms with E-state index in [-0.39, 0.29) is 24.2 Å². The molecule has 42 heavy (non-hydrogen) atoms. The van der Waals surface area contributed by atoms with Gasteiger partial charge in [0.25, 0.3) is 0 Å². The molecule has 1 aromatic rings. The van der Waals surface area contributed by atoms with Crippen LogP contribution in [0.1, 0.15) is 84.8 Å². The molecule has 0 amide bonds. The van der Waals surface area contributed by atoms with E-state index in [1.165, 1.54) is 12.1 Å². The Morgan fingerprint density at radius 2 is 1.79 bits per heavy atom. The number of hydrogen-bond acceptors (Lipinski definition) is 4. The molecule has 2 bridgehead atoms. The van der Waals surface area contributed by atoms with Gasteiger partial charge >= 0.3 is 6.18 Å². The number of methoxy groups -OCH3 is 1. The molecule has 9 heteroatoms. The molecule has 1 N–H and O–H groups in total. The minimum Gasteiger partial charge on any atom is -0.495 e. The highest BCUT2D eigenvalue weighted by atomic mass is 19.4. The summed E-state index contributed by atoms with van der Waals surface area (Å²) in [5.41, 5.74) is 3.13. The smallest absolute Gasteiger partial charge is 0.419 e. The Bertz CT molecular complexity index is 1240. The highest BCUT2D eigenvalue weighted by Crippen LogP contribution is 2.36. The van der Waals surface area contributed by atoms with Crippen LogP contribution in [0.2, 0.25) is 0 Å². The SMILES string of the molecule is CCC/C=C(OC)/C(=C/C(=C(C)C)/C(=N\C(C)=C(\C)CC)NCc1cccc(C(F)(F)F)c1F)N1C2CCC1COC2. The average Bonchev–Trinajstić information content (AvgIpc) is 3.18. The molecule has 2 aliphatic heterocycles. The average molecular weight is 592 g/mol. The van der Waals surface area contributed by atoms with Crippen LogP contribution >= 0.6 is 0 Å². The second-order valence-corrected chi connectivity index (χ2v) is 11.1. The van der Waals surface area contributed by atoms with Gasteiger partial charge in [-0.3, -0.25) is 0 Å². The van der Waals surface area contributed by atoms with E-state index < -0.39 is 17.6 Å². The predicted molar refractivity (Wildman–Crippen MR) is 160 cm³/mol. The van der Waals surface area contributed by atoms with Gasteiger partial charge in [-0.1, -0.05) is 43.5 Å². The van der Waals surface area contributed by atoms with Crippen molar-refractivity contribution in [1.29, 1.82) is 0 Å². The number of fused-ring (bicyclic) bond motifs is 2. The van der Waals surface area contributed by atoms with Crippen molar-refractivity contribution in [2.75, 3.05) is 20.3 Å². The number of morpholine rings is 1. The second-order valence-electron chi connectivity index (χ2n) is 11.1. The third-order valence-corrected chi connectivity index (χ3v) is 7.94. The summed E-state index contributed by atoms with van der Waals surface area (Å²) in [4.78, 5) is 7.31. The molecule has 2 atom stereocenters. The summed E-state index contributed by atoms with van der Waals surface area (Å²) in [5, 5.41) is 3.20. The van der Waals surface area contributed by atoms with Gasteiger partial charge in [-0.15, -0.1) is 0 Å². The van der Waals surface area contributed by atoms with Crippen LogP contribution < -0.4 is 5.32 Å². The number of nitrogens with zero attached hydrogens (tertiary/aromatic N) is 2. The van der Waals surface area contributed by atoms with Gasteiger partial charge in [0.15, 0.2) is 0 Å². The van der Waals surface area contributed by atoms with Gasteiger partial charge in [0.05, 0.1) is 43.7 Å². The first-order chi connectivity index (χ1) is 19.9. The zero-order chi connectivity index (χ0) is 31.0. The summed E-state index contributed by atoms with van der Waals surface area (Å²) < 4.78 is 67.0. The van der Waals surface area contributed by atoms with E-state index in [9.17, 15) is 17.6 Å². The first kappa shape index (κ1) is 33.4. The van der Waals surface area contributed by atoms with Crippen LogP contribution in [0.4, 0.5) is 17.6 Å². The molecule has 5 nitrogen and oxygen atoms in total. The van der Waals surface area contributed by atoms with Gasteiger partial charge in [0.1, 0.15) is 17.4 Å². The molecule has 2 heterocycles. The highest BCUT2D eigenvalue weighted by Gasteiger charge is 2.40. The molecule has 0 aliphatic carbocycles. The van der Waals surface area contributed by atoms with Crippen molar-refractivity contribution >= 4 is 5.84 Å². The van der Waals surface area contributed by atoms with E-state index in [0.29, 0.717) is 19.0 Å². The molecule has 3 rings (SSSR count). The fourth-order valence-corrected chi connectivity index (χ4v) is 5.28. The second kappa shape index (κ2) is 14.9. The number of nitrogens with one attached hydrogen (secondary N) is 1. The summed E-state index contributed by atoms with van der Waals surface area (Å²) in [6, 6.07) is 3.77. The van der Waals surface area contributed by atoms with E-state index >= 15 is 0 Å². The molecule has 2 aliphatic rings. The Kier molecular flexibility index (Phi) is 11.9. The maximum Gasteiger partial charge on any atom is 0.419 e. The van der Waals surface area contributed by atoms with Crippen LogP contribution in [-0.4, -0.2) is 43.1 Å². The van der Waals surface area contributed by atoms with Crippen LogP contribution in [0.5, 0.6) is 0 Å². The van der Waals surface area contributed by atoms with Crippen LogP contribution in [-0.2, 0) is 22.2 Å². The largest absolute Gasteiger partial charge is 0.495 e. The molecular formula is C33H45F4N3O2. The molecule has 0 spiro atoms. The van der Waals surface area contributed by atoms with E-state index in [1.54, 1.807) is 7.11 Å². The standard InChI is InChI=1S/C33H45F4N3O2/c1-8-10-14-30(41-7)29(40-25-15-16-26(40)20-42-19-25)17-27(21(3)4)32(39-23(6)22(5)9-2)38-18-24-12-11-13-28(31(24)34)33(35,36)37/h11-14,17,25-26H,8-10,15-16,18-20H2,1-7H3,(H,38,39)/b23-22-,29-17-,30-14-. The maximum atomic E-state index is 15.0. The minimum absolute atomic E-state index is 0.0877. The third-order valence-electron chi connectivity index (χ3n) is 7.94. The number of amidine groups is 1. The molecule has 0 saturated carbocycles. The lowest BCUT2D eigenvalue weighted by atomic mass is 10.0. The summed E-state index contributed by atoms with van der Waals surface area (Å²) in [6.45, 7) is 13.1. The minimum atomic E-state index is -4.78. The van der Waals surface area contributed by atoms with Crippen LogP contribution in [0.15, 0.2) is 69.2 Å².